The molecular formula is C11H19N3. The van der Waals surface area contributed by atoms with Crippen molar-refractivity contribution in [3.63, 3.8) is 0 Å². The fraction of sp³-hybridized carbons (Fsp3) is 0.545. The molecule has 78 valence electrons. The van der Waals surface area contributed by atoms with Gasteiger partial charge in [0.2, 0.25) is 0 Å². The zero-order chi connectivity index (χ0) is 11.0. The van der Waals surface area contributed by atoms with Crippen molar-refractivity contribution in [3.8, 4) is 6.07 Å². The molecule has 1 unspecified atom stereocenters. The Bertz CT molecular complexity index is 258. The lowest BCUT2D eigenvalue weighted by Crippen LogP contribution is -2.27. The van der Waals surface area contributed by atoms with Crippen LogP contribution in [0.4, 0.5) is 0 Å². The first kappa shape index (κ1) is 12.6. The largest absolute Gasteiger partial charge is 0.397 e. The summed E-state index contributed by atoms with van der Waals surface area (Å²) in [5.41, 5.74) is 7.34. The van der Waals surface area contributed by atoms with Gasteiger partial charge in [-0.3, -0.25) is 0 Å². The first-order valence-corrected chi connectivity index (χ1v) is 4.91. The standard InChI is InChI=1S/C11H19N3/c1-4-9(3)14-11(7-6-8-12)10(13)5-2/h5,7,9,14H,4,6,13H2,1-3H3/b10-5+,11-7+. The van der Waals surface area contributed by atoms with Crippen LogP contribution in [0.2, 0.25) is 0 Å². The zero-order valence-corrected chi connectivity index (χ0v) is 9.17. The number of nitrogens with one attached hydrogen (secondary N) is 1. The van der Waals surface area contributed by atoms with E-state index in [0.29, 0.717) is 18.2 Å². The first-order chi connectivity index (χ1) is 6.65. The van der Waals surface area contributed by atoms with E-state index in [1.165, 1.54) is 0 Å². The van der Waals surface area contributed by atoms with Crippen LogP contribution in [0.3, 0.4) is 0 Å². The summed E-state index contributed by atoms with van der Waals surface area (Å²) < 4.78 is 0. The van der Waals surface area contributed by atoms with Gasteiger partial charge in [0.15, 0.2) is 0 Å². The highest BCUT2D eigenvalue weighted by molar-refractivity contribution is 5.27. The van der Waals surface area contributed by atoms with Crippen molar-refractivity contribution in [2.75, 3.05) is 0 Å². The number of hydrogen-bond acceptors (Lipinski definition) is 3. The van der Waals surface area contributed by atoms with Gasteiger partial charge in [-0.25, -0.2) is 0 Å². The van der Waals surface area contributed by atoms with Gasteiger partial charge in [-0.05, 0) is 26.3 Å². The molecule has 0 aliphatic heterocycles. The van der Waals surface area contributed by atoms with Gasteiger partial charge in [0.05, 0.1) is 23.9 Å². The maximum absolute atomic E-state index is 8.48. The summed E-state index contributed by atoms with van der Waals surface area (Å²) in [5.74, 6) is 0. The van der Waals surface area contributed by atoms with Crippen LogP contribution < -0.4 is 11.1 Å². The van der Waals surface area contributed by atoms with Gasteiger partial charge in [-0.1, -0.05) is 13.0 Å². The number of rotatable bonds is 5. The van der Waals surface area contributed by atoms with Crippen molar-refractivity contribution in [1.82, 2.24) is 5.32 Å². The third-order valence-corrected chi connectivity index (χ3v) is 2.03. The van der Waals surface area contributed by atoms with Crippen LogP contribution in [0.1, 0.15) is 33.6 Å². The van der Waals surface area contributed by atoms with Crippen molar-refractivity contribution in [3.05, 3.63) is 23.5 Å². The Morgan fingerprint density at radius 3 is 2.71 bits per heavy atom. The number of hydrogen-bond donors (Lipinski definition) is 2. The molecule has 3 N–H and O–H groups in total. The van der Waals surface area contributed by atoms with Crippen LogP contribution in [0.5, 0.6) is 0 Å². The van der Waals surface area contributed by atoms with Crippen LogP contribution in [-0.2, 0) is 0 Å². The van der Waals surface area contributed by atoms with E-state index in [4.69, 9.17) is 11.0 Å². The summed E-state index contributed by atoms with van der Waals surface area (Å²) in [6.07, 6.45) is 5.06. The van der Waals surface area contributed by atoms with E-state index in [0.717, 1.165) is 12.1 Å². The van der Waals surface area contributed by atoms with E-state index in [1.807, 2.05) is 19.1 Å². The van der Waals surface area contributed by atoms with Crippen LogP contribution in [0.25, 0.3) is 0 Å². The van der Waals surface area contributed by atoms with Crippen LogP contribution in [0.15, 0.2) is 23.5 Å². The third kappa shape index (κ3) is 4.56. The molecule has 0 aromatic rings. The summed E-state index contributed by atoms with van der Waals surface area (Å²) in [6, 6.07) is 2.44. The van der Waals surface area contributed by atoms with E-state index in [-0.39, 0.29) is 0 Å². The number of nitrogens with two attached hydrogens (primary N) is 1. The molecule has 0 aliphatic rings. The van der Waals surface area contributed by atoms with Gasteiger partial charge in [-0.15, -0.1) is 0 Å². The van der Waals surface area contributed by atoms with Gasteiger partial charge >= 0.3 is 0 Å². The Kier molecular flexibility index (Phi) is 6.30. The molecule has 3 nitrogen and oxygen atoms in total. The molecule has 14 heavy (non-hydrogen) atoms. The monoisotopic (exact) mass is 193 g/mol. The highest BCUT2D eigenvalue weighted by atomic mass is 14.9. The summed E-state index contributed by atoms with van der Waals surface area (Å²) >= 11 is 0. The molecule has 0 saturated carbocycles. The van der Waals surface area contributed by atoms with Crippen molar-refractivity contribution in [2.45, 2.75) is 39.7 Å². The fourth-order valence-corrected chi connectivity index (χ4v) is 0.931. The van der Waals surface area contributed by atoms with Crippen molar-refractivity contribution in [1.29, 1.82) is 5.26 Å². The number of nitriles is 1. The molecular weight excluding hydrogens is 174 g/mol. The molecule has 0 radical (unpaired) electrons. The fourth-order valence-electron chi connectivity index (χ4n) is 0.931. The van der Waals surface area contributed by atoms with Crippen molar-refractivity contribution in [2.24, 2.45) is 5.73 Å². The molecule has 0 aromatic heterocycles. The molecule has 0 bridgehead atoms. The number of nitrogens with zero attached hydrogens (tertiary/aromatic N) is 1. The summed E-state index contributed by atoms with van der Waals surface area (Å²) in [5, 5.41) is 11.7. The van der Waals surface area contributed by atoms with Crippen LogP contribution >= 0.6 is 0 Å². The second-order valence-electron chi connectivity index (χ2n) is 3.18. The van der Waals surface area contributed by atoms with Gasteiger partial charge in [-0.2, -0.15) is 5.26 Å². The third-order valence-electron chi connectivity index (χ3n) is 2.03. The highest BCUT2D eigenvalue weighted by Gasteiger charge is 2.03. The van der Waals surface area contributed by atoms with E-state index in [1.54, 1.807) is 0 Å². The summed E-state index contributed by atoms with van der Waals surface area (Å²) in [6.45, 7) is 6.07. The Morgan fingerprint density at radius 1 is 1.64 bits per heavy atom. The molecule has 0 aromatic carbocycles. The molecule has 0 spiro atoms. The second kappa shape index (κ2) is 7.02. The SMILES string of the molecule is C/C=C(N)\C(=C/CC#N)NC(C)CC. The Balaban J connectivity index is 4.50. The molecule has 0 heterocycles. The van der Waals surface area contributed by atoms with Crippen LogP contribution in [0, 0.1) is 11.3 Å². The van der Waals surface area contributed by atoms with E-state index in [9.17, 15) is 0 Å². The maximum Gasteiger partial charge on any atom is 0.0664 e. The average molecular weight is 193 g/mol. The van der Waals surface area contributed by atoms with Gasteiger partial charge in [0.1, 0.15) is 0 Å². The Morgan fingerprint density at radius 2 is 2.29 bits per heavy atom. The molecule has 0 saturated heterocycles. The lowest BCUT2D eigenvalue weighted by atomic mass is 10.2. The topological polar surface area (TPSA) is 61.8 Å². The number of allylic oxidation sites excluding steroid dienone is 2. The quantitative estimate of drug-likeness (QED) is 0.657. The van der Waals surface area contributed by atoms with Crippen molar-refractivity contribution < 1.29 is 0 Å². The zero-order valence-electron chi connectivity index (χ0n) is 9.17. The lowest BCUT2D eigenvalue weighted by molar-refractivity contribution is 0.597. The van der Waals surface area contributed by atoms with E-state index in [2.05, 4.69) is 25.2 Å². The average Bonchev–Trinajstić information content (AvgIpc) is 2.22. The molecule has 3 heteroatoms. The minimum Gasteiger partial charge on any atom is -0.397 e. The maximum atomic E-state index is 8.48. The molecule has 0 rings (SSSR count). The normalized spacial score (nSPS) is 14.7. The molecule has 0 aliphatic carbocycles. The molecule has 1 atom stereocenters. The molecule has 0 amide bonds. The van der Waals surface area contributed by atoms with Crippen molar-refractivity contribution >= 4 is 0 Å². The first-order valence-electron chi connectivity index (χ1n) is 4.91. The minimum atomic E-state index is 0.374. The lowest BCUT2D eigenvalue weighted by Gasteiger charge is -2.16. The van der Waals surface area contributed by atoms with Crippen LogP contribution in [-0.4, -0.2) is 6.04 Å². The van der Waals surface area contributed by atoms with Gasteiger partial charge in [0.25, 0.3) is 0 Å². The molecule has 0 fully saturated rings. The summed E-state index contributed by atoms with van der Waals surface area (Å²) in [4.78, 5) is 0. The predicted molar refractivity (Wildman–Crippen MR) is 59.1 cm³/mol. The Hall–Kier alpha value is -1.43. The van der Waals surface area contributed by atoms with Gasteiger partial charge in [0, 0.05) is 6.04 Å². The summed E-state index contributed by atoms with van der Waals surface area (Å²) in [7, 11) is 0. The van der Waals surface area contributed by atoms with E-state index < -0.39 is 0 Å². The minimum absolute atomic E-state index is 0.374. The Labute approximate surface area is 86.3 Å². The second-order valence-corrected chi connectivity index (χ2v) is 3.18. The highest BCUT2D eigenvalue weighted by Crippen LogP contribution is 2.04. The van der Waals surface area contributed by atoms with E-state index >= 15 is 0 Å². The predicted octanol–water partition coefficient (Wildman–Crippen LogP) is 2.03. The smallest absolute Gasteiger partial charge is 0.0664 e. The van der Waals surface area contributed by atoms with Gasteiger partial charge < -0.3 is 11.1 Å².